The number of nitrogens with zero attached hydrogens (tertiary/aromatic N) is 1. The third kappa shape index (κ3) is 5.44. The second-order valence-electron chi connectivity index (χ2n) is 5.91. The zero-order valence-electron chi connectivity index (χ0n) is 12.6. The van der Waals surface area contributed by atoms with Crippen molar-refractivity contribution in [2.24, 2.45) is 5.92 Å². The minimum Gasteiger partial charge on any atom is -0.481 e. The van der Waals surface area contributed by atoms with Crippen molar-refractivity contribution in [3.05, 3.63) is 34.3 Å². The summed E-state index contributed by atoms with van der Waals surface area (Å²) >= 11 is 3.40. The maximum atomic E-state index is 12.3. The molecule has 120 valence electrons. The van der Waals surface area contributed by atoms with E-state index in [1.165, 1.54) is 0 Å². The van der Waals surface area contributed by atoms with E-state index in [4.69, 9.17) is 5.11 Å². The van der Waals surface area contributed by atoms with Gasteiger partial charge in [-0.25, -0.2) is 0 Å². The Morgan fingerprint density at radius 3 is 2.64 bits per heavy atom. The predicted octanol–water partition coefficient (Wildman–Crippen LogP) is 3.49. The van der Waals surface area contributed by atoms with Crippen molar-refractivity contribution < 1.29 is 14.7 Å². The number of hydrogen-bond donors (Lipinski definition) is 1. The summed E-state index contributed by atoms with van der Waals surface area (Å²) in [6.07, 6.45) is 4.16. The molecule has 1 aromatic rings. The molecule has 4 nitrogen and oxygen atoms in total. The molecule has 1 atom stereocenters. The zero-order chi connectivity index (χ0) is 15.9. The van der Waals surface area contributed by atoms with Gasteiger partial charge in [-0.2, -0.15) is 0 Å². The molecule has 22 heavy (non-hydrogen) atoms. The van der Waals surface area contributed by atoms with Crippen LogP contribution in [-0.4, -0.2) is 35.0 Å². The van der Waals surface area contributed by atoms with E-state index in [1.807, 2.05) is 29.2 Å². The molecule has 1 amide bonds. The Bertz CT molecular complexity index is 515. The number of rotatable bonds is 6. The fourth-order valence-electron chi connectivity index (χ4n) is 2.92. The molecule has 1 heterocycles. The second-order valence-corrected chi connectivity index (χ2v) is 6.82. The first-order valence-corrected chi connectivity index (χ1v) is 8.58. The number of amides is 1. The first-order chi connectivity index (χ1) is 10.5. The number of carbonyl (C=O) groups excluding carboxylic acids is 1. The summed E-state index contributed by atoms with van der Waals surface area (Å²) in [5, 5.41) is 8.77. The van der Waals surface area contributed by atoms with E-state index in [-0.39, 0.29) is 12.3 Å². The fraction of sp³-hybridized carbons (Fsp3) is 0.529. The lowest BCUT2D eigenvalue weighted by molar-refractivity contribution is -0.137. The van der Waals surface area contributed by atoms with Gasteiger partial charge >= 0.3 is 5.97 Å². The van der Waals surface area contributed by atoms with Gasteiger partial charge in [-0.15, -0.1) is 0 Å². The summed E-state index contributed by atoms with van der Waals surface area (Å²) in [5.74, 6) is -0.233. The molecule has 1 saturated heterocycles. The molecule has 0 bridgehead atoms. The van der Waals surface area contributed by atoms with Gasteiger partial charge in [0.1, 0.15) is 0 Å². The molecule has 1 aromatic carbocycles. The van der Waals surface area contributed by atoms with Gasteiger partial charge in [-0.3, -0.25) is 9.59 Å². The lowest BCUT2D eigenvalue weighted by Gasteiger charge is -2.32. The van der Waals surface area contributed by atoms with Gasteiger partial charge in [0.2, 0.25) is 5.91 Å². The Morgan fingerprint density at radius 2 is 1.95 bits per heavy atom. The predicted molar refractivity (Wildman–Crippen MR) is 88.6 cm³/mol. The maximum Gasteiger partial charge on any atom is 0.303 e. The van der Waals surface area contributed by atoms with Crippen molar-refractivity contribution in [3.63, 3.8) is 0 Å². The summed E-state index contributed by atoms with van der Waals surface area (Å²) in [6, 6.07) is 8.04. The molecule has 0 spiro atoms. The Labute approximate surface area is 139 Å². The summed E-state index contributed by atoms with van der Waals surface area (Å²) in [6.45, 7) is 1.52. The normalized spacial score (nSPS) is 18.2. The first-order valence-electron chi connectivity index (χ1n) is 7.78. The number of hydrogen-bond acceptors (Lipinski definition) is 2. The van der Waals surface area contributed by atoms with E-state index >= 15 is 0 Å². The molecule has 1 fully saturated rings. The Balaban J connectivity index is 1.78. The van der Waals surface area contributed by atoms with Crippen LogP contribution < -0.4 is 0 Å². The van der Waals surface area contributed by atoms with Crippen molar-refractivity contribution in [3.8, 4) is 0 Å². The third-order valence-electron chi connectivity index (χ3n) is 4.18. The monoisotopic (exact) mass is 367 g/mol. The number of carboxylic acids is 1. The van der Waals surface area contributed by atoms with Crippen LogP contribution in [0.15, 0.2) is 28.7 Å². The average molecular weight is 368 g/mol. The van der Waals surface area contributed by atoms with Gasteiger partial charge in [-0.05, 0) is 49.3 Å². The average Bonchev–Trinajstić information content (AvgIpc) is 2.52. The van der Waals surface area contributed by atoms with Crippen LogP contribution in [0, 0.1) is 5.92 Å². The topological polar surface area (TPSA) is 57.6 Å². The SMILES string of the molecule is O=C(O)CCC1CCCN(C(=O)CCc2ccc(Br)cc2)C1. The summed E-state index contributed by atoms with van der Waals surface area (Å²) < 4.78 is 1.04. The number of piperidine rings is 1. The Morgan fingerprint density at radius 1 is 1.23 bits per heavy atom. The molecule has 1 N–H and O–H groups in total. The lowest BCUT2D eigenvalue weighted by atomic mass is 9.93. The molecule has 0 aliphatic carbocycles. The highest BCUT2D eigenvalue weighted by atomic mass is 79.9. The summed E-state index contributed by atoms with van der Waals surface area (Å²) in [5.41, 5.74) is 1.16. The third-order valence-corrected chi connectivity index (χ3v) is 4.71. The van der Waals surface area contributed by atoms with Crippen LogP contribution in [0.3, 0.4) is 0 Å². The Kier molecular flexibility index (Phi) is 6.43. The van der Waals surface area contributed by atoms with Gasteiger partial charge in [-0.1, -0.05) is 28.1 Å². The van der Waals surface area contributed by atoms with E-state index in [0.29, 0.717) is 25.3 Å². The second kappa shape index (κ2) is 8.32. The highest BCUT2D eigenvalue weighted by Gasteiger charge is 2.23. The van der Waals surface area contributed by atoms with Crippen molar-refractivity contribution in [1.82, 2.24) is 4.90 Å². The molecule has 0 aromatic heterocycles. The molecule has 1 aliphatic heterocycles. The molecular weight excluding hydrogens is 346 g/mol. The molecule has 2 rings (SSSR count). The smallest absolute Gasteiger partial charge is 0.303 e. The summed E-state index contributed by atoms with van der Waals surface area (Å²) in [7, 11) is 0. The fourth-order valence-corrected chi connectivity index (χ4v) is 3.18. The number of carboxylic acid groups (broad SMARTS) is 1. The van der Waals surface area contributed by atoms with E-state index in [0.717, 1.165) is 35.8 Å². The van der Waals surface area contributed by atoms with Gasteiger partial charge < -0.3 is 10.0 Å². The molecular formula is C17H22BrNO3. The van der Waals surface area contributed by atoms with Gasteiger partial charge in [0.25, 0.3) is 0 Å². The van der Waals surface area contributed by atoms with Gasteiger partial charge in [0.05, 0.1) is 0 Å². The highest BCUT2D eigenvalue weighted by Crippen LogP contribution is 2.22. The van der Waals surface area contributed by atoms with Crippen molar-refractivity contribution >= 4 is 27.8 Å². The standard InChI is InChI=1S/C17H22BrNO3/c18-15-7-3-13(4-8-15)5-9-16(20)19-11-1-2-14(12-19)6-10-17(21)22/h3-4,7-8,14H,1-2,5-6,9-12H2,(H,21,22). The van der Waals surface area contributed by atoms with Crippen molar-refractivity contribution in [2.45, 2.75) is 38.5 Å². The highest BCUT2D eigenvalue weighted by molar-refractivity contribution is 9.10. The van der Waals surface area contributed by atoms with Crippen LogP contribution in [0.2, 0.25) is 0 Å². The number of aliphatic carboxylic acids is 1. The first kappa shape index (κ1) is 17.0. The van der Waals surface area contributed by atoms with E-state index < -0.39 is 5.97 Å². The van der Waals surface area contributed by atoms with E-state index in [2.05, 4.69) is 15.9 Å². The largest absolute Gasteiger partial charge is 0.481 e. The number of halogens is 1. The van der Waals surface area contributed by atoms with Crippen LogP contribution in [0.1, 0.15) is 37.7 Å². The van der Waals surface area contributed by atoms with Crippen LogP contribution in [-0.2, 0) is 16.0 Å². The maximum absolute atomic E-state index is 12.3. The minimum absolute atomic E-state index is 0.183. The molecule has 0 radical (unpaired) electrons. The number of benzene rings is 1. The van der Waals surface area contributed by atoms with Crippen LogP contribution >= 0.6 is 15.9 Å². The quantitative estimate of drug-likeness (QED) is 0.836. The van der Waals surface area contributed by atoms with Crippen molar-refractivity contribution in [2.75, 3.05) is 13.1 Å². The van der Waals surface area contributed by atoms with Crippen molar-refractivity contribution in [1.29, 1.82) is 0 Å². The van der Waals surface area contributed by atoms with Gasteiger partial charge in [0.15, 0.2) is 0 Å². The zero-order valence-corrected chi connectivity index (χ0v) is 14.2. The molecule has 0 saturated carbocycles. The van der Waals surface area contributed by atoms with Crippen LogP contribution in [0.4, 0.5) is 0 Å². The van der Waals surface area contributed by atoms with Crippen LogP contribution in [0.25, 0.3) is 0 Å². The van der Waals surface area contributed by atoms with E-state index in [9.17, 15) is 9.59 Å². The number of likely N-dealkylation sites (tertiary alicyclic amines) is 1. The molecule has 1 aliphatic rings. The molecule has 5 heteroatoms. The number of carbonyl (C=O) groups is 2. The molecule has 1 unspecified atom stereocenters. The Hall–Kier alpha value is -1.36. The van der Waals surface area contributed by atoms with Crippen LogP contribution in [0.5, 0.6) is 0 Å². The van der Waals surface area contributed by atoms with E-state index in [1.54, 1.807) is 0 Å². The summed E-state index contributed by atoms with van der Waals surface area (Å²) in [4.78, 5) is 24.9. The minimum atomic E-state index is -0.751. The number of aryl methyl sites for hydroxylation is 1. The lowest BCUT2D eigenvalue weighted by Crippen LogP contribution is -2.40. The van der Waals surface area contributed by atoms with Gasteiger partial charge in [0, 0.05) is 30.4 Å².